The van der Waals surface area contributed by atoms with Crippen LogP contribution in [0.15, 0.2) is 54.6 Å². The van der Waals surface area contributed by atoms with E-state index in [1.165, 1.54) is 5.56 Å². The third-order valence-corrected chi connectivity index (χ3v) is 3.16. The molecule has 114 valence electrons. The van der Waals surface area contributed by atoms with Crippen LogP contribution in [-0.2, 0) is 4.74 Å². The zero-order valence-corrected chi connectivity index (χ0v) is 12.9. The third-order valence-electron chi connectivity index (χ3n) is 3.16. The second-order valence-corrected chi connectivity index (χ2v) is 4.98. The fourth-order valence-corrected chi connectivity index (χ4v) is 2.00. The number of carbonyl (C=O) groups is 1. The molecule has 22 heavy (non-hydrogen) atoms. The molecule has 2 aromatic rings. The highest BCUT2D eigenvalue weighted by molar-refractivity contribution is 6.06. The van der Waals surface area contributed by atoms with E-state index in [2.05, 4.69) is 0 Å². The number of methoxy groups -OCH3 is 1. The zero-order chi connectivity index (χ0) is 15.8. The fourth-order valence-electron chi connectivity index (χ4n) is 2.00. The fraction of sp³-hybridized carbons (Fsp3) is 0.211. The van der Waals surface area contributed by atoms with Crippen molar-refractivity contribution < 1.29 is 14.3 Å². The number of benzene rings is 2. The van der Waals surface area contributed by atoms with Gasteiger partial charge < -0.3 is 9.47 Å². The maximum atomic E-state index is 12.1. The van der Waals surface area contributed by atoms with Crippen molar-refractivity contribution in [1.29, 1.82) is 0 Å². The Morgan fingerprint density at radius 1 is 1.09 bits per heavy atom. The van der Waals surface area contributed by atoms with Gasteiger partial charge in [0.1, 0.15) is 12.4 Å². The lowest BCUT2D eigenvalue weighted by atomic mass is 10.1. The highest BCUT2D eigenvalue weighted by Gasteiger charge is 2.02. The van der Waals surface area contributed by atoms with Gasteiger partial charge in [-0.3, -0.25) is 4.79 Å². The number of allylic oxidation sites excluding steroid dienone is 1. The van der Waals surface area contributed by atoms with Crippen LogP contribution in [0, 0.1) is 6.92 Å². The van der Waals surface area contributed by atoms with Gasteiger partial charge in [0.15, 0.2) is 5.78 Å². The van der Waals surface area contributed by atoms with Gasteiger partial charge in [-0.1, -0.05) is 35.9 Å². The Morgan fingerprint density at radius 2 is 1.86 bits per heavy atom. The molecule has 2 aromatic carbocycles. The summed E-state index contributed by atoms with van der Waals surface area (Å²) in [5.41, 5.74) is 2.84. The predicted octanol–water partition coefficient (Wildman–Crippen LogP) is 3.92. The van der Waals surface area contributed by atoms with Gasteiger partial charge in [-0.05, 0) is 42.8 Å². The number of ether oxygens (including phenoxy) is 2. The predicted molar refractivity (Wildman–Crippen MR) is 88.4 cm³/mol. The van der Waals surface area contributed by atoms with Crippen LogP contribution in [0.1, 0.15) is 21.5 Å². The lowest BCUT2D eigenvalue weighted by Gasteiger charge is -2.05. The Labute approximate surface area is 131 Å². The van der Waals surface area contributed by atoms with E-state index in [1.807, 2.05) is 37.3 Å². The summed E-state index contributed by atoms with van der Waals surface area (Å²) in [6.07, 6.45) is 3.42. The maximum absolute atomic E-state index is 12.1. The average molecular weight is 296 g/mol. The van der Waals surface area contributed by atoms with Crippen molar-refractivity contribution in [2.24, 2.45) is 0 Å². The van der Waals surface area contributed by atoms with Gasteiger partial charge in [-0.15, -0.1) is 0 Å². The van der Waals surface area contributed by atoms with Gasteiger partial charge in [0.2, 0.25) is 0 Å². The van der Waals surface area contributed by atoms with Crippen molar-refractivity contribution in [2.45, 2.75) is 6.92 Å². The number of rotatable bonds is 7. The van der Waals surface area contributed by atoms with E-state index < -0.39 is 0 Å². The molecule has 0 saturated heterocycles. The summed E-state index contributed by atoms with van der Waals surface area (Å²) in [7, 11) is 1.63. The molecule has 0 N–H and O–H groups in total. The monoisotopic (exact) mass is 296 g/mol. The molecular weight excluding hydrogens is 276 g/mol. The maximum Gasteiger partial charge on any atom is 0.185 e. The number of hydrogen-bond donors (Lipinski definition) is 0. The van der Waals surface area contributed by atoms with Crippen LogP contribution in [-0.4, -0.2) is 26.1 Å². The summed E-state index contributed by atoms with van der Waals surface area (Å²) in [6.45, 7) is 3.07. The smallest absolute Gasteiger partial charge is 0.185 e. The van der Waals surface area contributed by atoms with Crippen LogP contribution in [0.3, 0.4) is 0 Å². The first-order chi connectivity index (χ1) is 10.7. The lowest BCUT2D eigenvalue weighted by Crippen LogP contribution is -2.04. The van der Waals surface area contributed by atoms with Crippen LogP contribution in [0.2, 0.25) is 0 Å². The second kappa shape index (κ2) is 8.15. The molecule has 0 bridgehead atoms. The van der Waals surface area contributed by atoms with Gasteiger partial charge in [-0.2, -0.15) is 0 Å². The molecule has 0 aliphatic carbocycles. The van der Waals surface area contributed by atoms with E-state index in [1.54, 1.807) is 37.5 Å². The van der Waals surface area contributed by atoms with Crippen molar-refractivity contribution >= 4 is 11.9 Å². The second-order valence-electron chi connectivity index (χ2n) is 4.98. The molecule has 0 unspecified atom stereocenters. The summed E-state index contributed by atoms with van der Waals surface area (Å²) in [6, 6.07) is 15.1. The first-order valence-corrected chi connectivity index (χ1v) is 7.20. The van der Waals surface area contributed by atoms with Crippen molar-refractivity contribution in [3.05, 3.63) is 71.3 Å². The molecule has 0 radical (unpaired) electrons. The largest absolute Gasteiger partial charge is 0.491 e. The Kier molecular flexibility index (Phi) is 5.92. The SMILES string of the molecule is COCCOc1ccc(C(=O)C=Cc2cccc(C)c2)cc1. The van der Waals surface area contributed by atoms with Crippen LogP contribution in [0.5, 0.6) is 5.75 Å². The molecule has 0 aliphatic rings. The summed E-state index contributed by atoms with van der Waals surface area (Å²) in [4.78, 5) is 12.1. The molecule has 0 heterocycles. The van der Waals surface area contributed by atoms with Crippen molar-refractivity contribution in [3.8, 4) is 5.75 Å². The van der Waals surface area contributed by atoms with Gasteiger partial charge >= 0.3 is 0 Å². The molecule has 0 amide bonds. The highest BCUT2D eigenvalue weighted by Crippen LogP contribution is 2.14. The summed E-state index contributed by atoms with van der Waals surface area (Å²) in [5.74, 6) is 0.709. The standard InChI is InChI=1S/C19H20O3/c1-15-4-3-5-16(14-15)6-11-19(20)17-7-9-18(10-8-17)22-13-12-21-2/h3-11,14H,12-13H2,1-2H3. The molecule has 0 fully saturated rings. The quantitative estimate of drug-likeness (QED) is 0.441. The average Bonchev–Trinajstić information content (AvgIpc) is 2.54. The molecule has 3 nitrogen and oxygen atoms in total. The zero-order valence-electron chi connectivity index (χ0n) is 12.9. The van der Waals surface area contributed by atoms with E-state index in [-0.39, 0.29) is 5.78 Å². The lowest BCUT2D eigenvalue weighted by molar-refractivity contribution is 0.104. The van der Waals surface area contributed by atoms with E-state index in [9.17, 15) is 4.79 Å². The minimum atomic E-state index is -0.0232. The molecule has 3 heteroatoms. The van der Waals surface area contributed by atoms with Crippen LogP contribution in [0.4, 0.5) is 0 Å². The normalized spacial score (nSPS) is 10.8. The highest BCUT2D eigenvalue weighted by atomic mass is 16.5. The van der Waals surface area contributed by atoms with E-state index in [4.69, 9.17) is 9.47 Å². The molecule has 0 spiro atoms. The Balaban J connectivity index is 1.97. The van der Waals surface area contributed by atoms with Gasteiger partial charge in [-0.25, -0.2) is 0 Å². The van der Waals surface area contributed by atoms with Crippen LogP contribution >= 0.6 is 0 Å². The summed E-state index contributed by atoms with van der Waals surface area (Å²) >= 11 is 0. The van der Waals surface area contributed by atoms with Crippen LogP contribution in [0.25, 0.3) is 6.08 Å². The Morgan fingerprint density at radius 3 is 2.55 bits per heavy atom. The number of carbonyl (C=O) groups excluding carboxylic acids is 1. The van der Waals surface area contributed by atoms with E-state index >= 15 is 0 Å². The minimum absolute atomic E-state index is 0.0232. The molecule has 0 aliphatic heterocycles. The minimum Gasteiger partial charge on any atom is -0.491 e. The third kappa shape index (κ3) is 4.86. The molecule has 2 rings (SSSR count). The van der Waals surface area contributed by atoms with Gasteiger partial charge in [0.25, 0.3) is 0 Å². The van der Waals surface area contributed by atoms with E-state index in [0.717, 1.165) is 11.3 Å². The molecule has 0 aromatic heterocycles. The van der Waals surface area contributed by atoms with Crippen LogP contribution < -0.4 is 4.74 Å². The Bertz CT molecular complexity index is 642. The number of hydrogen-bond acceptors (Lipinski definition) is 3. The summed E-state index contributed by atoms with van der Waals surface area (Å²) < 4.78 is 10.4. The molecule has 0 atom stereocenters. The number of aryl methyl sites for hydroxylation is 1. The van der Waals surface area contributed by atoms with Crippen molar-refractivity contribution in [3.63, 3.8) is 0 Å². The number of ketones is 1. The molecule has 0 saturated carbocycles. The van der Waals surface area contributed by atoms with Crippen molar-refractivity contribution in [2.75, 3.05) is 20.3 Å². The Hall–Kier alpha value is -2.39. The van der Waals surface area contributed by atoms with Gasteiger partial charge in [0.05, 0.1) is 6.61 Å². The first-order valence-electron chi connectivity index (χ1n) is 7.20. The first kappa shape index (κ1) is 16.0. The van der Waals surface area contributed by atoms with Gasteiger partial charge in [0, 0.05) is 12.7 Å². The molecular formula is C19H20O3. The van der Waals surface area contributed by atoms with E-state index in [0.29, 0.717) is 18.8 Å². The topological polar surface area (TPSA) is 35.5 Å². The summed E-state index contributed by atoms with van der Waals surface area (Å²) in [5, 5.41) is 0. The van der Waals surface area contributed by atoms with Crippen molar-refractivity contribution in [1.82, 2.24) is 0 Å².